The van der Waals surface area contributed by atoms with Crippen molar-refractivity contribution in [2.24, 2.45) is 0 Å². The number of hydrogen-bond donors (Lipinski definition) is 1. The summed E-state index contributed by atoms with van der Waals surface area (Å²) in [5.41, 5.74) is -0.0156. The van der Waals surface area contributed by atoms with Gasteiger partial charge in [0.25, 0.3) is 0 Å². The lowest BCUT2D eigenvalue weighted by Crippen LogP contribution is -2.17. The van der Waals surface area contributed by atoms with Crippen molar-refractivity contribution in [3.05, 3.63) is 47.7 Å². The fourth-order valence-corrected chi connectivity index (χ4v) is 1.55. The highest BCUT2D eigenvalue weighted by atomic mass is 19.4. The van der Waals surface area contributed by atoms with Gasteiger partial charge in [-0.2, -0.15) is 0 Å². The van der Waals surface area contributed by atoms with Crippen LogP contribution in [0.4, 0.5) is 22.0 Å². The third kappa shape index (κ3) is 4.04. The van der Waals surface area contributed by atoms with Crippen LogP contribution in [0.25, 0.3) is 0 Å². The first-order valence-corrected chi connectivity index (χ1v) is 5.77. The van der Waals surface area contributed by atoms with Crippen molar-refractivity contribution in [3.8, 4) is 17.4 Å². The van der Waals surface area contributed by atoms with Crippen LogP contribution in [0.5, 0.6) is 17.4 Å². The van der Waals surface area contributed by atoms with E-state index in [0.29, 0.717) is 0 Å². The molecule has 1 aromatic heterocycles. The summed E-state index contributed by atoms with van der Waals surface area (Å²) in [6, 6.07) is 3.51. The Labute approximate surface area is 120 Å². The molecule has 0 atom stereocenters. The minimum atomic E-state index is -4.95. The number of alkyl halides is 3. The number of nitrogens with zero attached hydrogens (tertiary/aromatic N) is 1. The summed E-state index contributed by atoms with van der Waals surface area (Å²) in [7, 11) is 0. The lowest BCUT2D eigenvalue weighted by molar-refractivity contribution is -0.276. The highest BCUT2D eigenvalue weighted by molar-refractivity contribution is 5.36. The van der Waals surface area contributed by atoms with Crippen LogP contribution in [-0.2, 0) is 6.61 Å². The molecule has 4 nitrogen and oxygen atoms in total. The first-order chi connectivity index (χ1) is 10.3. The zero-order valence-corrected chi connectivity index (χ0v) is 10.7. The fourth-order valence-electron chi connectivity index (χ4n) is 1.55. The quantitative estimate of drug-likeness (QED) is 0.875. The molecular formula is C13H8F5NO3. The second-order valence-corrected chi connectivity index (χ2v) is 4.03. The predicted molar refractivity (Wildman–Crippen MR) is 63.3 cm³/mol. The van der Waals surface area contributed by atoms with Gasteiger partial charge in [-0.15, -0.1) is 13.2 Å². The normalized spacial score (nSPS) is 11.4. The molecule has 1 aromatic carbocycles. The Morgan fingerprint density at radius 1 is 1.09 bits per heavy atom. The molecule has 1 N–H and O–H groups in total. The van der Waals surface area contributed by atoms with Gasteiger partial charge in [0.1, 0.15) is 5.75 Å². The topological polar surface area (TPSA) is 51.6 Å². The van der Waals surface area contributed by atoms with Gasteiger partial charge in [0.05, 0.1) is 6.61 Å². The van der Waals surface area contributed by atoms with Gasteiger partial charge in [-0.25, -0.2) is 13.8 Å². The zero-order chi connectivity index (χ0) is 16.3. The molecule has 1 heterocycles. The Morgan fingerprint density at radius 2 is 1.73 bits per heavy atom. The molecule has 22 heavy (non-hydrogen) atoms. The first kappa shape index (κ1) is 16.0. The van der Waals surface area contributed by atoms with Crippen LogP contribution < -0.4 is 9.47 Å². The Morgan fingerprint density at radius 3 is 2.27 bits per heavy atom. The molecule has 0 aliphatic carbocycles. The Hall–Kier alpha value is -2.42. The molecule has 2 aromatic rings. The lowest BCUT2D eigenvalue weighted by Gasteiger charge is -2.11. The SMILES string of the molecule is OCc1cc(F)c(Oc2ccnc(OC(F)(F)F)c2)c(F)c1. The van der Waals surface area contributed by atoms with Crippen LogP contribution in [0.3, 0.4) is 0 Å². The average Bonchev–Trinajstić information content (AvgIpc) is 2.41. The highest BCUT2D eigenvalue weighted by Gasteiger charge is 2.32. The molecule has 0 radical (unpaired) electrons. The van der Waals surface area contributed by atoms with E-state index in [2.05, 4.69) is 9.72 Å². The predicted octanol–water partition coefficient (Wildman–Crippen LogP) is 3.54. The van der Waals surface area contributed by atoms with E-state index in [1.54, 1.807) is 0 Å². The molecule has 0 aliphatic heterocycles. The van der Waals surface area contributed by atoms with Gasteiger partial charge in [0.15, 0.2) is 17.4 Å². The van der Waals surface area contributed by atoms with E-state index >= 15 is 0 Å². The minimum Gasteiger partial charge on any atom is -0.451 e. The second kappa shape index (κ2) is 6.14. The first-order valence-electron chi connectivity index (χ1n) is 5.77. The van der Waals surface area contributed by atoms with Crippen LogP contribution in [0.15, 0.2) is 30.5 Å². The van der Waals surface area contributed by atoms with Crippen LogP contribution in [0, 0.1) is 11.6 Å². The van der Waals surface area contributed by atoms with Crippen LogP contribution in [-0.4, -0.2) is 16.5 Å². The number of rotatable bonds is 4. The van der Waals surface area contributed by atoms with Crippen molar-refractivity contribution >= 4 is 0 Å². The van der Waals surface area contributed by atoms with Gasteiger partial charge in [0, 0.05) is 12.3 Å². The van der Waals surface area contributed by atoms with Crippen LogP contribution >= 0.6 is 0 Å². The molecular weight excluding hydrogens is 313 g/mol. The van der Waals surface area contributed by atoms with Gasteiger partial charge in [-0.1, -0.05) is 0 Å². The zero-order valence-electron chi connectivity index (χ0n) is 10.7. The van der Waals surface area contributed by atoms with E-state index in [-0.39, 0.29) is 11.3 Å². The van der Waals surface area contributed by atoms with Crippen molar-refractivity contribution in [3.63, 3.8) is 0 Å². The number of aliphatic hydroxyl groups excluding tert-OH is 1. The van der Waals surface area contributed by atoms with Crippen LogP contribution in [0.1, 0.15) is 5.56 Å². The average molecular weight is 321 g/mol. The van der Waals surface area contributed by atoms with E-state index in [4.69, 9.17) is 9.84 Å². The maximum Gasteiger partial charge on any atom is 0.574 e. The second-order valence-electron chi connectivity index (χ2n) is 4.03. The molecule has 9 heteroatoms. The Balaban J connectivity index is 2.26. The smallest absolute Gasteiger partial charge is 0.451 e. The summed E-state index contributed by atoms with van der Waals surface area (Å²) in [5.74, 6) is -4.18. The van der Waals surface area contributed by atoms with Gasteiger partial charge < -0.3 is 14.6 Å². The van der Waals surface area contributed by atoms with Gasteiger partial charge in [0.2, 0.25) is 5.88 Å². The fraction of sp³-hybridized carbons (Fsp3) is 0.154. The van der Waals surface area contributed by atoms with E-state index in [9.17, 15) is 22.0 Å². The van der Waals surface area contributed by atoms with Crippen molar-refractivity contribution < 1.29 is 36.5 Å². The largest absolute Gasteiger partial charge is 0.574 e. The summed E-state index contributed by atoms with van der Waals surface area (Å²) < 4.78 is 71.9. The summed E-state index contributed by atoms with van der Waals surface area (Å²) in [6.07, 6.45) is -4.03. The summed E-state index contributed by atoms with van der Waals surface area (Å²) in [6.45, 7) is -0.576. The van der Waals surface area contributed by atoms with E-state index < -0.39 is 36.2 Å². The number of ether oxygens (including phenoxy) is 2. The Kier molecular flexibility index (Phi) is 4.45. The molecule has 0 spiro atoms. The molecule has 0 amide bonds. The number of halogens is 5. The van der Waals surface area contributed by atoms with Crippen molar-refractivity contribution in [1.29, 1.82) is 0 Å². The highest BCUT2D eigenvalue weighted by Crippen LogP contribution is 2.31. The Bertz CT molecular complexity index is 652. The number of pyridine rings is 1. The molecule has 0 fully saturated rings. The van der Waals surface area contributed by atoms with E-state index in [1.807, 2.05) is 0 Å². The molecule has 2 rings (SSSR count). The molecule has 118 valence electrons. The monoisotopic (exact) mass is 321 g/mol. The van der Waals surface area contributed by atoms with Crippen molar-refractivity contribution in [2.45, 2.75) is 13.0 Å². The standard InChI is InChI=1S/C13H8F5NO3/c14-9-3-7(6-20)4-10(15)12(9)21-8-1-2-19-11(5-8)22-13(16,17)18/h1-5,20H,6H2. The maximum atomic E-state index is 13.7. The number of aliphatic hydroxyl groups is 1. The number of benzene rings is 1. The summed E-state index contributed by atoms with van der Waals surface area (Å²) >= 11 is 0. The maximum absolute atomic E-state index is 13.7. The van der Waals surface area contributed by atoms with Gasteiger partial charge in [-0.05, 0) is 23.8 Å². The third-order valence-electron chi connectivity index (χ3n) is 2.39. The van der Waals surface area contributed by atoms with Gasteiger partial charge in [-0.3, -0.25) is 0 Å². The molecule has 0 saturated heterocycles. The lowest BCUT2D eigenvalue weighted by atomic mass is 10.2. The number of aromatic nitrogens is 1. The minimum absolute atomic E-state index is 0.0156. The van der Waals surface area contributed by atoms with E-state index in [1.165, 1.54) is 0 Å². The van der Waals surface area contributed by atoms with Crippen molar-refractivity contribution in [1.82, 2.24) is 4.98 Å². The molecule has 0 bridgehead atoms. The van der Waals surface area contributed by atoms with Gasteiger partial charge >= 0.3 is 6.36 Å². The number of hydrogen-bond acceptors (Lipinski definition) is 4. The summed E-state index contributed by atoms with van der Waals surface area (Å²) in [4.78, 5) is 3.30. The van der Waals surface area contributed by atoms with E-state index in [0.717, 1.165) is 30.5 Å². The third-order valence-corrected chi connectivity index (χ3v) is 2.39. The van der Waals surface area contributed by atoms with Crippen LogP contribution in [0.2, 0.25) is 0 Å². The molecule has 0 saturated carbocycles. The van der Waals surface area contributed by atoms with Crippen molar-refractivity contribution in [2.75, 3.05) is 0 Å². The molecule has 0 unspecified atom stereocenters. The molecule has 0 aliphatic rings. The summed E-state index contributed by atoms with van der Waals surface area (Å²) in [5, 5.41) is 8.81.